The molecule has 0 spiro atoms. The van der Waals surface area contributed by atoms with Crippen LogP contribution in [0.3, 0.4) is 0 Å². The lowest BCUT2D eigenvalue weighted by Gasteiger charge is -2.32. The Morgan fingerprint density at radius 1 is 1.32 bits per heavy atom. The van der Waals surface area contributed by atoms with Gasteiger partial charge in [0.2, 0.25) is 10.0 Å². The van der Waals surface area contributed by atoms with E-state index in [1.807, 2.05) is 12.3 Å². The standard InChI is InChI=1S/C16H21N3O2S/c17-22(20,21)16(13-5-1-2-6-13)10-15(16)19-9-3-4-12-11-18-8-7-14(12)19/h3-4,7-8,11,13,15H,1-2,5-6,9-10H2,(H2,17,20,21). The van der Waals surface area contributed by atoms with Crippen LogP contribution < -0.4 is 10.0 Å². The quantitative estimate of drug-likeness (QED) is 0.923. The van der Waals surface area contributed by atoms with Gasteiger partial charge in [-0.3, -0.25) is 4.98 Å². The molecule has 0 amide bonds. The van der Waals surface area contributed by atoms with E-state index in [2.05, 4.69) is 22.0 Å². The van der Waals surface area contributed by atoms with Crippen LogP contribution in [0.25, 0.3) is 6.08 Å². The highest BCUT2D eigenvalue weighted by molar-refractivity contribution is 7.91. The van der Waals surface area contributed by atoms with Gasteiger partial charge in [0.1, 0.15) is 4.75 Å². The third-order valence-corrected chi connectivity index (χ3v) is 7.44. The topological polar surface area (TPSA) is 76.3 Å². The molecule has 3 aliphatic rings. The molecule has 0 bridgehead atoms. The van der Waals surface area contributed by atoms with Crippen LogP contribution in [-0.4, -0.2) is 30.7 Å². The van der Waals surface area contributed by atoms with Gasteiger partial charge in [0.25, 0.3) is 0 Å². The van der Waals surface area contributed by atoms with Gasteiger partial charge in [0, 0.05) is 30.2 Å². The summed E-state index contributed by atoms with van der Waals surface area (Å²) in [5.41, 5.74) is 2.13. The van der Waals surface area contributed by atoms with Crippen LogP contribution in [0.5, 0.6) is 0 Å². The molecule has 22 heavy (non-hydrogen) atoms. The third kappa shape index (κ3) is 1.93. The maximum Gasteiger partial charge on any atom is 0.217 e. The second kappa shape index (κ2) is 4.80. The molecule has 2 unspecified atom stereocenters. The van der Waals surface area contributed by atoms with Crippen LogP contribution in [0.2, 0.25) is 0 Å². The Balaban J connectivity index is 1.71. The van der Waals surface area contributed by atoms with Gasteiger partial charge in [-0.05, 0) is 31.2 Å². The molecule has 118 valence electrons. The zero-order valence-electron chi connectivity index (χ0n) is 12.5. The van der Waals surface area contributed by atoms with Crippen molar-refractivity contribution in [3.05, 3.63) is 30.1 Å². The number of hydrogen-bond donors (Lipinski definition) is 1. The molecule has 2 atom stereocenters. The van der Waals surface area contributed by atoms with E-state index in [-0.39, 0.29) is 12.0 Å². The SMILES string of the molecule is NS(=O)(=O)C1(C2CCCC2)CC1N1CC=Cc2cnccc21. The van der Waals surface area contributed by atoms with Crippen LogP contribution in [0, 0.1) is 5.92 Å². The Hall–Kier alpha value is -1.40. The normalized spacial score (nSPS) is 31.3. The first-order valence-corrected chi connectivity index (χ1v) is 9.48. The third-order valence-electron chi connectivity index (χ3n) is 5.61. The first kappa shape index (κ1) is 14.2. The van der Waals surface area contributed by atoms with Crippen LogP contribution in [0.1, 0.15) is 37.7 Å². The molecule has 1 aromatic heterocycles. The molecule has 0 radical (unpaired) electrons. The lowest BCUT2D eigenvalue weighted by molar-refractivity contribution is 0.461. The lowest BCUT2D eigenvalue weighted by atomic mass is 10.0. The molecule has 5 nitrogen and oxygen atoms in total. The van der Waals surface area contributed by atoms with E-state index in [9.17, 15) is 8.42 Å². The largest absolute Gasteiger partial charge is 0.363 e. The summed E-state index contributed by atoms with van der Waals surface area (Å²) in [5, 5.41) is 5.69. The number of hydrogen-bond acceptors (Lipinski definition) is 4. The average Bonchev–Trinajstić information content (AvgIpc) is 3.04. The Labute approximate surface area is 131 Å². The van der Waals surface area contributed by atoms with Crippen molar-refractivity contribution in [3.8, 4) is 0 Å². The summed E-state index contributed by atoms with van der Waals surface area (Å²) in [6.45, 7) is 0.742. The number of aromatic nitrogens is 1. The summed E-state index contributed by atoms with van der Waals surface area (Å²) >= 11 is 0. The molecule has 2 fully saturated rings. The summed E-state index contributed by atoms with van der Waals surface area (Å²) < 4.78 is 24.0. The summed E-state index contributed by atoms with van der Waals surface area (Å²) in [4.78, 5) is 6.36. The predicted octanol–water partition coefficient (Wildman–Crippen LogP) is 1.90. The lowest BCUT2D eigenvalue weighted by Crippen LogP contribution is -2.45. The second-order valence-corrected chi connectivity index (χ2v) is 8.54. The highest BCUT2D eigenvalue weighted by Crippen LogP contribution is 2.57. The Morgan fingerprint density at radius 2 is 2.09 bits per heavy atom. The fourth-order valence-electron chi connectivity index (χ4n) is 4.48. The van der Waals surface area contributed by atoms with Crippen molar-refractivity contribution >= 4 is 21.8 Å². The number of fused-ring (bicyclic) bond motifs is 1. The molecule has 1 aromatic rings. The summed E-state index contributed by atoms with van der Waals surface area (Å²) in [6, 6.07) is 1.97. The van der Waals surface area contributed by atoms with Crippen LogP contribution >= 0.6 is 0 Å². The molecule has 2 N–H and O–H groups in total. The molecule has 2 heterocycles. The number of rotatable bonds is 3. The molecule has 0 saturated heterocycles. The predicted molar refractivity (Wildman–Crippen MR) is 86.8 cm³/mol. The van der Waals surface area contributed by atoms with Crippen molar-refractivity contribution in [1.82, 2.24) is 4.98 Å². The molecule has 4 rings (SSSR count). The molecular weight excluding hydrogens is 298 g/mol. The summed E-state index contributed by atoms with van der Waals surface area (Å²) in [7, 11) is -3.56. The van der Waals surface area contributed by atoms with Gasteiger partial charge in [-0.25, -0.2) is 13.6 Å². The number of nitrogens with zero attached hydrogens (tertiary/aromatic N) is 2. The number of sulfonamides is 1. The van der Waals surface area contributed by atoms with Gasteiger partial charge in [0.05, 0.1) is 6.04 Å². The van der Waals surface area contributed by atoms with Gasteiger partial charge in [0.15, 0.2) is 0 Å². The fourth-order valence-corrected chi connectivity index (χ4v) is 6.08. The van der Waals surface area contributed by atoms with E-state index in [4.69, 9.17) is 5.14 Å². The maximum absolute atomic E-state index is 12.4. The van der Waals surface area contributed by atoms with Gasteiger partial charge in [-0.15, -0.1) is 0 Å². The van der Waals surface area contributed by atoms with Crippen molar-refractivity contribution in [1.29, 1.82) is 0 Å². The van der Waals surface area contributed by atoms with Gasteiger partial charge in [-0.1, -0.05) is 25.0 Å². The minimum absolute atomic E-state index is 0.00306. The number of nitrogens with two attached hydrogens (primary N) is 1. The molecule has 2 saturated carbocycles. The Kier molecular flexibility index (Phi) is 3.10. The van der Waals surface area contributed by atoms with Crippen LogP contribution in [-0.2, 0) is 10.0 Å². The van der Waals surface area contributed by atoms with Crippen LogP contribution in [0.4, 0.5) is 5.69 Å². The minimum atomic E-state index is -3.56. The zero-order chi connectivity index (χ0) is 15.4. The minimum Gasteiger partial charge on any atom is -0.363 e. The van der Waals surface area contributed by atoms with E-state index in [0.29, 0.717) is 6.42 Å². The van der Waals surface area contributed by atoms with Crippen LogP contribution in [0.15, 0.2) is 24.5 Å². The van der Waals surface area contributed by atoms with Crippen molar-refractivity contribution in [2.45, 2.75) is 42.9 Å². The molecule has 0 aromatic carbocycles. The molecule has 1 aliphatic heterocycles. The number of anilines is 1. The average molecular weight is 319 g/mol. The van der Waals surface area contributed by atoms with E-state index >= 15 is 0 Å². The fraction of sp³-hybridized carbons (Fsp3) is 0.562. The van der Waals surface area contributed by atoms with E-state index in [1.165, 1.54) is 0 Å². The number of pyridine rings is 1. The smallest absolute Gasteiger partial charge is 0.217 e. The van der Waals surface area contributed by atoms with Crippen molar-refractivity contribution < 1.29 is 8.42 Å². The monoisotopic (exact) mass is 319 g/mol. The van der Waals surface area contributed by atoms with Crippen molar-refractivity contribution in [2.75, 3.05) is 11.4 Å². The molecule has 2 aliphatic carbocycles. The van der Waals surface area contributed by atoms with Gasteiger partial charge in [-0.2, -0.15) is 0 Å². The second-order valence-electron chi connectivity index (χ2n) is 6.69. The Morgan fingerprint density at radius 3 is 2.82 bits per heavy atom. The molecule has 6 heteroatoms. The van der Waals surface area contributed by atoms with E-state index in [0.717, 1.165) is 43.5 Å². The summed E-state index contributed by atoms with van der Waals surface area (Å²) in [6.07, 6.45) is 12.6. The zero-order valence-corrected chi connectivity index (χ0v) is 13.3. The van der Waals surface area contributed by atoms with Crippen molar-refractivity contribution in [2.24, 2.45) is 11.1 Å². The Bertz CT molecular complexity index is 725. The van der Waals surface area contributed by atoms with E-state index in [1.54, 1.807) is 6.20 Å². The first-order chi connectivity index (χ1) is 10.5. The first-order valence-electron chi connectivity index (χ1n) is 7.93. The van der Waals surface area contributed by atoms with Crippen molar-refractivity contribution in [3.63, 3.8) is 0 Å². The van der Waals surface area contributed by atoms with Gasteiger partial charge < -0.3 is 4.90 Å². The van der Waals surface area contributed by atoms with Gasteiger partial charge >= 0.3 is 0 Å². The number of primary sulfonamides is 1. The van der Waals surface area contributed by atoms with E-state index < -0.39 is 14.8 Å². The summed E-state index contributed by atoms with van der Waals surface area (Å²) in [5.74, 6) is 0.212. The highest BCUT2D eigenvalue weighted by Gasteiger charge is 2.69. The molecular formula is C16H21N3O2S. The highest BCUT2D eigenvalue weighted by atomic mass is 32.2. The maximum atomic E-state index is 12.4.